The second-order valence-electron chi connectivity index (χ2n) is 6.43. The first kappa shape index (κ1) is 22.4. The number of rotatable bonds is 6. The van der Waals surface area contributed by atoms with Crippen molar-refractivity contribution in [1.29, 1.82) is 0 Å². The van der Waals surface area contributed by atoms with Crippen molar-refractivity contribution in [2.45, 2.75) is 29.7 Å². The Morgan fingerprint density at radius 2 is 2.03 bits per heavy atom. The molecule has 2 amide bonds. The summed E-state index contributed by atoms with van der Waals surface area (Å²) in [5.41, 5.74) is -1.31. The van der Waals surface area contributed by atoms with E-state index in [0.29, 0.717) is 11.5 Å². The molecule has 0 unspecified atom stereocenters. The lowest BCUT2D eigenvalue weighted by molar-refractivity contribution is -0.384. The van der Waals surface area contributed by atoms with Crippen molar-refractivity contribution in [2.75, 3.05) is 17.2 Å². The van der Waals surface area contributed by atoms with Crippen LogP contribution in [-0.2, 0) is 15.8 Å². The summed E-state index contributed by atoms with van der Waals surface area (Å²) in [6, 6.07) is 6.91. The molecule has 31 heavy (non-hydrogen) atoms. The van der Waals surface area contributed by atoms with E-state index in [0.717, 1.165) is 23.9 Å². The van der Waals surface area contributed by atoms with Crippen molar-refractivity contribution in [3.8, 4) is 5.75 Å². The molecular weight excluding hydrogens is 439 g/mol. The van der Waals surface area contributed by atoms with Gasteiger partial charge in [-0.1, -0.05) is 0 Å². The van der Waals surface area contributed by atoms with Crippen LogP contribution in [-0.4, -0.2) is 28.6 Å². The molecule has 0 saturated heterocycles. The zero-order chi connectivity index (χ0) is 22.8. The molecule has 0 fully saturated rings. The summed E-state index contributed by atoms with van der Waals surface area (Å²) in [7, 11) is 0. The molecule has 0 spiro atoms. The molecular formula is C19H16F3N3O5S. The maximum Gasteiger partial charge on any atom is 0.416 e. The molecule has 1 aliphatic heterocycles. The van der Waals surface area contributed by atoms with Crippen LogP contribution in [0.2, 0.25) is 0 Å². The lowest BCUT2D eigenvalue weighted by atomic mass is 10.1. The smallest absolute Gasteiger partial charge is 0.416 e. The number of alkyl halides is 3. The van der Waals surface area contributed by atoms with E-state index >= 15 is 0 Å². The first-order chi connectivity index (χ1) is 14.6. The number of anilines is 2. The van der Waals surface area contributed by atoms with E-state index in [1.165, 1.54) is 24.3 Å². The Morgan fingerprint density at radius 3 is 2.68 bits per heavy atom. The van der Waals surface area contributed by atoms with Crippen LogP contribution in [0.4, 0.5) is 30.2 Å². The summed E-state index contributed by atoms with van der Waals surface area (Å²) in [5.74, 6) is -1.02. The zero-order valence-corrected chi connectivity index (χ0v) is 16.8. The minimum atomic E-state index is -4.55. The fourth-order valence-corrected chi connectivity index (χ4v) is 3.95. The third kappa shape index (κ3) is 5.26. The fourth-order valence-electron chi connectivity index (χ4n) is 2.86. The number of nitro groups is 1. The third-order valence-corrected chi connectivity index (χ3v) is 5.52. The van der Waals surface area contributed by atoms with Gasteiger partial charge in [0, 0.05) is 11.3 Å². The van der Waals surface area contributed by atoms with E-state index in [9.17, 15) is 32.9 Å². The average Bonchev–Trinajstić information content (AvgIpc) is 2.68. The van der Waals surface area contributed by atoms with Gasteiger partial charge >= 0.3 is 6.18 Å². The summed E-state index contributed by atoms with van der Waals surface area (Å²) < 4.78 is 43.7. The number of nitrogens with one attached hydrogen (secondary N) is 2. The lowest BCUT2D eigenvalue weighted by Gasteiger charge is -2.24. The van der Waals surface area contributed by atoms with Crippen molar-refractivity contribution in [3.63, 3.8) is 0 Å². The molecule has 1 heterocycles. The van der Waals surface area contributed by atoms with Gasteiger partial charge in [0.25, 0.3) is 5.69 Å². The molecule has 2 N–H and O–H groups in total. The quantitative estimate of drug-likeness (QED) is 0.492. The maximum atomic E-state index is 12.8. The van der Waals surface area contributed by atoms with Crippen molar-refractivity contribution < 1.29 is 32.4 Å². The SMILES string of the molecule is CCOc1ccc(NC(=O)C[C@@H]2Sc3ccc(C(F)(F)F)cc3NC2=O)c([N+](=O)[O-])c1. The number of hydrogen-bond acceptors (Lipinski definition) is 6. The van der Waals surface area contributed by atoms with Gasteiger partial charge in [-0.2, -0.15) is 13.2 Å². The molecule has 12 heteroatoms. The molecule has 2 aromatic carbocycles. The van der Waals surface area contributed by atoms with Gasteiger partial charge in [-0.15, -0.1) is 11.8 Å². The molecule has 8 nitrogen and oxygen atoms in total. The lowest BCUT2D eigenvalue weighted by Crippen LogP contribution is -2.32. The molecule has 1 aliphatic rings. The number of nitro benzene ring substituents is 1. The second kappa shape index (κ2) is 8.84. The molecule has 2 aromatic rings. The third-order valence-electron chi connectivity index (χ3n) is 4.25. The first-order valence-electron chi connectivity index (χ1n) is 8.98. The number of fused-ring (bicyclic) bond motifs is 1. The van der Waals surface area contributed by atoms with E-state index in [-0.39, 0.29) is 29.2 Å². The minimum absolute atomic E-state index is 0.0173. The van der Waals surface area contributed by atoms with Crippen LogP contribution in [0.1, 0.15) is 18.9 Å². The van der Waals surface area contributed by atoms with Gasteiger partial charge in [0.2, 0.25) is 11.8 Å². The number of carbonyl (C=O) groups excluding carboxylic acids is 2. The predicted octanol–water partition coefficient (Wildman–Crippen LogP) is 4.45. The topological polar surface area (TPSA) is 111 Å². The van der Waals surface area contributed by atoms with Gasteiger partial charge in [0.1, 0.15) is 11.4 Å². The summed E-state index contributed by atoms with van der Waals surface area (Å²) in [6.45, 7) is 2.03. The van der Waals surface area contributed by atoms with E-state index in [2.05, 4.69) is 10.6 Å². The molecule has 1 atom stereocenters. The van der Waals surface area contributed by atoms with Crippen LogP contribution in [0.25, 0.3) is 0 Å². The van der Waals surface area contributed by atoms with E-state index in [1.54, 1.807) is 6.92 Å². The molecule has 164 valence electrons. The van der Waals surface area contributed by atoms with Crippen LogP contribution < -0.4 is 15.4 Å². The van der Waals surface area contributed by atoms with Crippen molar-refractivity contribution in [2.24, 2.45) is 0 Å². The monoisotopic (exact) mass is 455 g/mol. The highest BCUT2D eigenvalue weighted by molar-refractivity contribution is 8.01. The van der Waals surface area contributed by atoms with E-state index < -0.39 is 33.7 Å². The first-order valence-corrected chi connectivity index (χ1v) is 9.86. The predicted molar refractivity (Wildman–Crippen MR) is 107 cm³/mol. The van der Waals surface area contributed by atoms with Gasteiger partial charge in [-0.3, -0.25) is 19.7 Å². The standard InChI is InChI=1S/C19H16F3N3O5S/c1-2-30-11-4-5-12(14(8-11)25(28)29)23-17(26)9-16-18(27)24-13-7-10(19(20,21)22)3-6-15(13)31-16/h3-8,16H,2,9H2,1H3,(H,23,26)(H,24,27)/t16-/m0/s1. The Morgan fingerprint density at radius 1 is 1.29 bits per heavy atom. The average molecular weight is 455 g/mol. The number of ether oxygens (including phenoxy) is 1. The van der Waals surface area contributed by atoms with Crippen LogP contribution in [0, 0.1) is 10.1 Å². The normalized spacial score (nSPS) is 15.6. The van der Waals surface area contributed by atoms with E-state index in [4.69, 9.17) is 4.74 Å². The van der Waals surface area contributed by atoms with Crippen LogP contribution in [0.15, 0.2) is 41.3 Å². The molecule has 0 radical (unpaired) electrons. The highest BCUT2D eigenvalue weighted by Gasteiger charge is 2.34. The number of nitrogens with zero attached hydrogens (tertiary/aromatic N) is 1. The molecule has 0 aromatic heterocycles. The second-order valence-corrected chi connectivity index (χ2v) is 7.67. The molecule has 0 bridgehead atoms. The minimum Gasteiger partial charge on any atom is -0.494 e. The Kier molecular flexibility index (Phi) is 6.39. The number of thioether (sulfide) groups is 1. The molecule has 0 aliphatic carbocycles. The summed E-state index contributed by atoms with van der Waals surface area (Å²) >= 11 is 0.949. The Bertz CT molecular complexity index is 1040. The Balaban J connectivity index is 1.72. The van der Waals surface area contributed by atoms with Gasteiger partial charge in [0.05, 0.1) is 34.1 Å². The van der Waals surface area contributed by atoms with Crippen molar-refractivity contribution >= 4 is 40.6 Å². The van der Waals surface area contributed by atoms with Gasteiger partial charge < -0.3 is 15.4 Å². The highest BCUT2D eigenvalue weighted by Crippen LogP contribution is 2.40. The molecule has 0 saturated carbocycles. The van der Waals surface area contributed by atoms with Gasteiger partial charge in [-0.25, -0.2) is 0 Å². The number of benzene rings is 2. The zero-order valence-electron chi connectivity index (χ0n) is 16.0. The fraction of sp³-hybridized carbons (Fsp3) is 0.263. The van der Waals surface area contributed by atoms with Crippen LogP contribution in [0.5, 0.6) is 5.75 Å². The Labute approximate surface area is 178 Å². The summed E-state index contributed by atoms with van der Waals surface area (Å²) in [5, 5.41) is 15.2. The molecule has 3 rings (SSSR count). The maximum absolute atomic E-state index is 12.8. The van der Waals surface area contributed by atoms with Gasteiger partial charge in [-0.05, 0) is 37.3 Å². The number of hydrogen-bond donors (Lipinski definition) is 2. The van der Waals surface area contributed by atoms with Crippen molar-refractivity contribution in [1.82, 2.24) is 0 Å². The highest BCUT2D eigenvalue weighted by atomic mass is 32.2. The Hall–Kier alpha value is -3.28. The van der Waals surface area contributed by atoms with Crippen molar-refractivity contribution in [3.05, 3.63) is 52.1 Å². The number of carbonyl (C=O) groups is 2. The largest absolute Gasteiger partial charge is 0.494 e. The summed E-state index contributed by atoms with van der Waals surface area (Å²) in [4.78, 5) is 35.7. The number of amides is 2. The van der Waals surface area contributed by atoms with E-state index in [1.807, 2.05) is 0 Å². The van der Waals surface area contributed by atoms with Crippen LogP contribution in [0.3, 0.4) is 0 Å². The summed E-state index contributed by atoms with van der Waals surface area (Å²) in [6.07, 6.45) is -4.88. The van der Waals surface area contributed by atoms with Crippen LogP contribution >= 0.6 is 11.8 Å². The van der Waals surface area contributed by atoms with Gasteiger partial charge in [0.15, 0.2) is 0 Å². The number of halogens is 3.